The molecule has 5 rings (SSSR count). The van der Waals surface area contributed by atoms with Gasteiger partial charge in [-0.2, -0.15) is 14.6 Å². The van der Waals surface area contributed by atoms with E-state index in [1.54, 1.807) is 65.0 Å². The molecule has 0 saturated heterocycles. The van der Waals surface area contributed by atoms with Crippen molar-refractivity contribution >= 4 is 5.84 Å². The van der Waals surface area contributed by atoms with E-state index in [2.05, 4.69) is 20.2 Å². The standard InChI is InChI=1S/C16H14F2N4O2.C13H15FN4O/c1-24-9-11-6-14(15-19-7-13(18)16(23)20-15)21-22(11)8-10-4-2-3-5-12(10)17;1-19-8-10-6-12(13(15)16)17-18(10)7-9-4-2-3-5-11(9)14/h2-7H,8-9H2,1H3,(H,19,20,23);2-6H,7-8H2,1H3,(H3,15,16). The van der Waals surface area contributed by atoms with Gasteiger partial charge in [-0.25, -0.2) is 13.8 Å². The van der Waals surface area contributed by atoms with Crippen LogP contribution in [-0.4, -0.2) is 49.6 Å². The van der Waals surface area contributed by atoms with Crippen molar-refractivity contribution < 1.29 is 22.6 Å². The Bertz CT molecular complexity index is 1770. The third-order valence-electron chi connectivity index (χ3n) is 6.14. The normalized spacial score (nSPS) is 10.8. The van der Waals surface area contributed by atoms with Gasteiger partial charge in [-0.3, -0.25) is 19.6 Å². The highest BCUT2D eigenvalue weighted by Crippen LogP contribution is 2.18. The Morgan fingerprint density at radius 1 is 0.860 bits per heavy atom. The maximum Gasteiger partial charge on any atom is 0.287 e. The molecule has 0 aliphatic rings. The average Bonchev–Trinajstić information content (AvgIpc) is 3.57. The number of aromatic nitrogens is 6. The van der Waals surface area contributed by atoms with Crippen molar-refractivity contribution in [3.8, 4) is 11.5 Å². The molecule has 11 nitrogen and oxygen atoms in total. The molecule has 0 aliphatic heterocycles. The first-order valence-corrected chi connectivity index (χ1v) is 12.9. The van der Waals surface area contributed by atoms with E-state index in [0.717, 1.165) is 11.9 Å². The van der Waals surface area contributed by atoms with Gasteiger partial charge in [0, 0.05) is 25.3 Å². The zero-order chi connectivity index (χ0) is 30.9. The highest BCUT2D eigenvalue weighted by Gasteiger charge is 2.14. The first-order valence-electron chi connectivity index (χ1n) is 12.9. The van der Waals surface area contributed by atoms with Crippen LogP contribution in [0.2, 0.25) is 0 Å². The number of hydrogen-bond donors (Lipinski definition) is 3. The van der Waals surface area contributed by atoms with Crippen molar-refractivity contribution in [2.75, 3.05) is 14.2 Å². The summed E-state index contributed by atoms with van der Waals surface area (Å²) >= 11 is 0. The Hall–Kier alpha value is -5.08. The highest BCUT2D eigenvalue weighted by atomic mass is 19.1. The van der Waals surface area contributed by atoms with E-state index in [-0.39, 0.29) is 43.0 Å². The largest absolute Gasteiger partial charge is 0.382 e. The fourth-order valence-electron chi connectivity index (χ4n) is 4.05. The van der Waals surface area contributed by atoms with Gasteiger partial charge in [-0.15, -0.1) is 0 Å². The molecule has 14 heteroatoms. The summed E-state index contributed by atoms with van der Waals surface area (Å²) in [6.07, 6.45) is 0.833. The number of nitrogens with zero attached hydrogens (tertiary/aromatic N) is 5. The van der Waals surface area contributed by atoms with Gasteiger partial charge >= 0.3 is 0 Å². The molecule has 4 N–H and O–H groups in total. The van der Waals surface area contributed by atoms with E-state index in [1.807, 2.05) is 0 Å². The van der Waals surface area contributed by atoms with Crippen molar-refractivity contribution in [2.45, 2.75) is 26.3 Å². The van der Waals surface area contributed by atoms with Crippen LogP contribution in [0.4, 0.5) is 13.2 Å². The molecule has 3 heterocycles. The van der Waals surface area contributed by atoms with Gasteiger partial charge in [-0.05, 0) is 24.3 Å². The Morgan fingerprint density at radius 3 is 1.91 bits per heavy atom. The number of halogens is 3. The van der Waals surface area contributed by atoms with Gasteiger partial charge in [-0.1, -0.05) is 36.4 Å². The molecule has 0 fully saturated rings. The van der Waals surface area contributed by atoms with Crippen LogP contribution in [0.3, 0.4) is 0 Å². The number of nitrogens with one attached hydrogen (secondary N) is 2. The number of nitrogens with two attached hydrogens (primary N) is 1. The molecule has 3 aromatic heterocycles. The Balaban J connectivity index is 0.000000203. The number of H-pyrrole nitrogens is 1. The second-order valence-corrected chi connectivity index (χ2v) is 9.23. The number of benzene rings is 2. The summed E-state index contributed by atoms with van der Waals surface area (Å²) < 4.78 is 53.9. The smallest absolute Gasteiger partial charge is 0.287 e. The van der Waals surface area contributed by atoms with Crippen LogP contribution in [0, 0.1) is 22.9 Å². The van der Waals surface area contributed by atoms with Crippen molar-refractivity contribution in [3.05, 3.63) is 123 Å². The van der Waals surface area contributed by atoms with E-state index < -0.39 is 11.4 Å². The second-order valence-electron chi connectivity index (χ2n) is 9.23. The van der Waals surface area contributed by atoms with Gasteiger partial charge in [0.05, 0.1) is 43.9 Å². The lowest BCUT2D eigenvalue weighted by Crippen LogP contribution is -2.13. The van der Waals surface area contributed by atoms with Gasteiger partial charge < -0.3 is 20.2 Å². The number of methoxy groups -OCH3 is 2. The minimum Gasteiger partial charge on any atom is -0.382 e. The van der Waals surface area contributed by atoms with E-state index >= 15 is 0 Å². The molecular weight excluding hydrogens is 565 g/mol. The zero-order valence-corrected chi connectivity index (χ0v) is 23.4. The number of nitrogen functional groups attached to an aromatic ring is 1. The summed E-state index contributed by atoms with van der Waals surface area (Å²) in [5, 5.41) is 15.9. The van der Waals surface area contributed by atoms with Gasteiger partial charge in [0.1, 0.15) is 28.9 Å². The van der Waals surface area contributed by atoms with Crippen LogP contribution in [0.15, 0.2) is 71.7 Å². The number of aromatic amines is 1. The van der Waals surface area contributed by atoms with Crippen molar-refractivity contribution in [2.24, 2.45) is 5.73 Å². The van der Waals surface area contributed by atoms with Crippen LogP contribution in [-0.2, 0) is 35.8 Å². The zero-order valence-electron chi connectivity index (χ0n) is 23.4. The SMILES string of the molecule is COCc1cc(-c2ncc(F)c(=O)[nH]2)nn1Cc1ccccc1F.COCc1cc(C(=N)N)nn1Cc1ccccc1F. The van der Waals surface area contributed by atoms with Gasteiger partial charge in [0.15, 0.2) is 5.82 Å². The van der Waals surface area contributed by atoms with E-state index in [1.165, 1.54) is 19.2 Å². The summed E-state index contributed by atoms with van der Waals surface area (Å²) in [5.41, 5.74) is 7.64. The van der Waals surface area contributed by atoms with Crippen molar-refractivity contribution in [3.63, 3.8) is 0 Å². The molecular formula is C29H29F3N8O3. The molecule has 43 heavy (non-hydrogen) atoms. The summed E-state index contributed by atoms with van der Waals surface area (Å²) in [4.78, 5) is 17.5. The molecule has 0 atom stereocenters. The number of hydrogen-bond acceptors (Lipinski definition) is 7. The third kappa shape index (κ3) is 7.81. The number of ether oxygens (including phenoxy) is 2. The quantitative estimate of drug-likeness (QED) is 0.165. The third-order valence-corrected chi connectivity index (χ3v) is 6.14. The lowest BCUT2D eigenvalue weighted by Gasteiger charge is -2.07. The van der Waals surface area contributed by atoms with Crippen LogP contribution < -0.4 is 11.3 Å². The van der Waals surface area contributed by atoms with Crippen LogP contribution in [0.5, 0.6) is 0 Å². The molecule has 224 valence electrons. The monoisotopic (exact) mass is 594 g/mol. The Morgan fingerprint density at radius 2 is 1.40 bits per heavy atom. The minimum absolute atomic E-state index is 0.121. The van der Waals surface area contributed by atoms with Crippen LogP contribution in [0.1, 0.15) is 28.2 Å². The molecule has 2 aromatic carbocycles. The van der Waals surface area contributed by atoms with Gasteiger partial charge in [0.2, 0.25) is 5.82 Å². The lowest BCUT2D eigenvalue weighted by molar-refractivity contribution is 0.177. The topological polar surface area (TPSA) is 150 Å². The average molecular weight is 595 g/mol. The molecule has 0 amide bonds. The molecule has 0 aliphatic carbocycles. The molecule has 0 saturated carbocycles. The fraction of sp³-hybridized carbons (Fsp3) is 0.207. The van der Waals surface area contributed by atoms with E-state index in [9.17, 15) is 18.0 Å². The lowest BCUT2D eigenvalue weighted by atomic mass is 10.2. The van der Waals surface area contributed by atoms with E-state index in [4.69, 9.17) is 20.6 Å². The number of amidine groups is 1. The first-order chi connectivity index (χ1) is 20.7. The minimum atomic E-state index is -0.971. The van der Waals surface area contributed by atoms with Crippen molar-refractivity contribution in [1.29, 1.82) is 5.41 Å². The highest BCUT2D eigenvalue weighted by molar-refractivity contribution is 5.93. The predicted octanol–water partition coefficient (Wildman–Crippen LogP) is 3.61. The maximum absolute atomic E-state index is 13.8. The fourth-order valence-corrected chi connectivity index (χ4v) is 4.05. The Kier molecular flexibility index (Phi) is 10.2. The number of rotatable bonds is 10. The van der Waals surface area contributed by atoms with Crippen LogP contribution >= 0.6 is 0 Å². The summed E-state index contributed by atoms with van der Waals surface area (Å²) in [6.45, 7) is 1.04. The Labute approximate surface area is 244 Å². The molecule has 0 unspecified atom stereocenters. The first kappa shape index (κ1) is 30.9. The van der Waals surface area contributed by atoms with E-state index in [0.29, 0.717) is 34.8 Å². The summed E-state index contributed by atoms with van der Waals surface area (Å²) in [7, 11) is 3.09. The molecule has 0 spiro atoms. The molecule has 0 radical (unpaired) electrons. The van der Waals surface area contributed by atoms with Crippen molar-refractivity contribution in [1.82, 2.24) is 29.5 Å². The molecule has 5 aromatic rings. The summed E-state index contributed by atoms with van der Waals surface area (Å²) in [6, 6.07) is 16.2. The summed E-state index contributed by atoms with van der Waals surface area (Å²) in [5.74, 6) is -1.59. The maximum atomic E-state index is 13.8. The second kappa shape index (κ2) is 14.2. The van der Waals surface area contributed by atoms with Gasteiger partial charge in [0.25, 0.3) is 5.56 Å². The molecule has 0 bridgehead atoms. The predicted molar refractivity (Wildman–Crippen MR) is 152 cm³/mol. The van der Waals surface area contributed by atoms with Crippen LogP contribution in [0.25, 0.3) is 11.5 Å².